The van der Waals surface area contributed by atoms with Crippen molar-refractivity contribution in [2.45, 2.75) is 57.2 Å². The zero-order valence-electron chi connectivity index (χ0n) is 16.2. The van der Waals surface area contributed by atoms with Crippen LogP contribution in [0.1, 0.15) is 39.2 Å². The summed E-state index contributed by atoms with van der Waals surface area (Å²) >= 11 is 6.20. The fourth-order valence-electron chi connectivity index (χ4n) is 3.61. The number of halogens is 1. The Hall–Kier alpha value is -0.623. The third kappa shape index (κ3) is 3.75. The second-order valence-electron chi connectivity index (χ2n) is 8.93. The van der Waals surface area contributed by atoms with E-state index in [2.05, 4.69) is 49.8 Å². The smallest absolute Gasteiger partial charge is 0.192 e. The van der Waals surface area contributed by atoms with E-state index in [4.69, 9.17) is 20.8 Å². The van der Waals surface area contributed by atoms with Gasteiger partial charge in [-0.05, 0) is 37.0 Å². The molecule has 0 radical (unpaired) electrons. The Morgan fingerprint density at radius 2 is 1.96 bits per heavy atom. The van der Waals surface area contributed by atoms with E-state index in [1.807, 2.05) is 6.07 Å². The summed E-state index contributed by atoms with van der Waals surface area (Å²) in [5.41, 5.74) is 1.51. The van der Waals surface area contributed by atoms with Crippen LogP contribution in [-0.4, -0.2) is 46.2 Å². The molecule has 1 aromatic rings. The Morgan fingerprint density at radius 3 is 2.60 bits per heavy atom. The number of nitrogens with zero attached hydrogens (tertiary/aromatic N) is 2. The highest BCUT2D eigenvalue weighted by Gasteiger charge is 2.45. The monoisotopic (exact) mass is 382 g/mol. The van der Waals surface area contributed by atoms with E-state index in [1.165, 1.54) is 5.56 Å². The number of anilines is 1. The molecule has 2 aliphatic heterocycles. The van der Waals surface area contributed by atoms with Gasteiger partial charge in [0.15, 0.2) is 8.32 Å². The lowest BCUT2D eigenvalue weighted by Crippen LogP contribution is -2.44. The lowest BCUT2D eigenvalue weighted by molar-refractivity contribution is 0.0552. The summed E-state index contributed by atoms with van der Waals surface area (Å²) in [5, 5.41) is 0.803. The first kappa shape index (κ1) is 19.1. The van der Waals surface area contributed by atoms with Crippen molar-refractivity contribution in [3.8, 4) is 0 Å². The number of rotatable bonds is 4. The van der Waals surface area contributed by atoms with E-state index < -0.39 is 8.32 Å². The van der Waals surface area contributed by atoms with E-state index in [9.17, 15) is 0 Å². The van der Waals surface area contributed by atoms with Gasteiger partial charge >= 0.3 is 0 Å². The van der Waals surface area contributed by atoms with Gasteiger partial charge in [-0.3, -0.25) is 0 Å². The molecule has 1 fully saturated rings. The third-order valence-electron chi connectivity index (χ3n) is 6.29. The van der Waals surface area contributed by atoms with Gasteiger partial charge in [0.25, 0.3) is 0 Å². The molecule has 0 amide bonds. The molecule has 1 aromatic heterocycles. The average molecular weight is 383 g/mol. The molecule has 3 rings (SSSR count). The topological polar surface area (TPSA) is 34.6 Å². The van der Waals surface area contributed by atoms with Gasteiger partial charge in [0, 0.05) is 37.3 Å². The normalized spacial score (nSPS) is 20.2. The minimum absolute atomic E-state index is 0.169. The predicted octanol–water partition coefficient (Wildman–Crippen LogP) is 4.63. The van der Waals surface area contributed by atoms with Crippen LogP contribution in [0.25, 0.3) is 0 Å². The molecule has 0 atom stereocenters. The Kier molecular flexibility index (Phi) is 5.24. The molecule has 1 spiro atoms. The van der Waals surface area contributed by atoms with Gasteiger partial charge in [-0.2, -0.15) is 0 Å². The molecular weight excluding hydrogens is 352 g/mol. The number of ether oxygens (including phenoxy) is 1. The molecule has 0 N–H and O–H groups in total. The maximum atomic E-state index is 6.39. The highest BCUT2D eigenvalue weighted by Crippen LogP contribution is 2.46. The van der Waals surface area contributed by atoms with Crippen molar-refractivity contribution < 1.29 is 9.16 Å². The quantitative estimate of drug-likeness (QED) is 0.561. The Balaban J connectivity index is 1.74. The fraction of sp³-hybridized carbons (Fsp3) is 0.737. The fourth-order valence-corrected chi connectivity index (χ4v) is 4.79. The average Bonchev–Trinajstić information content (AvgIpc) is 2.80. The van der Waals surface area contributed by atoms with Gasteiger partial charge in [0.05, 0.1) is 6.61 Å². The molecule has 3 heterocycles. The zero-order valence-corrected chi connectivity index (χ0v) is 17.9. The summed E-state index contributed by atoms with van der Waals surface area (Å²) in [7, 11) is -1.72. The van der Waals surface area contributed by atoms with E-state index in [1.54, 1.807) is 0 Å². The van der Waals surface area contributed by atoms with E-state index in [0.717, 1.165) is 51.6 Å². The van der Waals surface area contributed by atoms with E-state index in [-0.39, 0.29) is 10.5 Å². The molecule has 0 aromatic carbocycles. The van der Waals surface area contributed by atoms with Crippen molar-refractivity contribution in [3.05, 3.63) is 22.8 Å². The van der Waals surface area contributed by atoms with Crippen molar-refractivity contribution in [1.29, 1.82) is 0 Å². The molecule has 0 bridgehead atoms. The molecule has 0 unspecified atom stereocenters. The summed E-state index contributed by atoms with van der Waals surface area (Å²) < 4.78 is 12.0. The number of hydrogen-bond donors (Lipinski definition) is 0. The number of fused-ring (bicyclic) bond motifs is 2. The van der Waals surface area contributed by atoms with Crippen LogP contribution in [0.4, 0.5) is 5.82 Å². The summed E-state index contributed by atoms with van der Waals surface area (Å²) in [5.74, 6) is 1.05. The van der Waals surface area contributed by atoms with Gasteiger partial charge in [-0.15, -0.1) is 0 Å². The number of hydrogen-bond acceptors (Lipinski definition) is 4. The lowest BCUT2D eigenvalue weighted by atomic mass is 9.76. The summed E-state index contributed by atoms with van der Waals surface area (Å²) in [6, 6.07) is 4.10. The highest BCUT2D eigenvalue weighted by atomic mass is 35.5. The molecule has 4 nitrogen and oxygen atoms in total. The first-order valence-electron chi connectivity index (χ1n) is 9.28. The molecule has 6 heteroatoms. The summed E-state index contributed by atoms with van der Waals surface area (Å²) in [6.45, 7) is 15.7. The largest absolute Gasteiger partial charge is 0.415 e. The van der Waals surface area contributed by atoms with Crippen LogP contribution < -0.4 is 4.90 Å². The van der Waals surface area contributed by atoms with Crippen molar-refractivity contribution >= 4 is 25.7 Å². The summed E-state index contributed by atoms with van der Waals surface area (Å²) in [4.78, 5) is 7.03. The molecule has 1 saturated heterocycles. The zero-order chi connectivity index (χ0) is 18.3. The van der Waals surface area contributed by atoms with Crippen LogP contribution >= 0.6 is 11.6 Å². The van der Waals surface area contributed by atoms with Crippen LogP contribution in [-0.2, 0) is 14.6 Å². The first-order chi connectivity index (χ1) is 11.6. The maximum absolute atomic E-state index is 6.39. The molecule has 25 heavy (non-hydrogen) atoms. The van der Waals surface area contributed by atoms with E-state index >= 15 is 0 Å². The van der Waals surface area contributed by atoms with Gasteiger partial charge < -0.3 is 14.1 Å². The third-order valence-corrected chi connectivity index (χ3v) is 11.0. The van der Waals surface area contributed by atoms with Crippen molar-refractivity contribution in [2.75, 3.05) is 37.8 Å². The molecule has 2 aliphatic rings. The van der Waals surface area contributed by atoms with Crippen LogP contribution in [0.2, 0.25) is 23.3 Å². The first-order valence-corrected chi connectivity index (χ1v) is 12.6. The van der Waals surface area contributed by atoms with Crippen LogP contribution in [0, 0.1) is 0 Å². The van der Waals surface area contributed by atoms with Gasteiger partial charge in [0.2, 0.25) is 0 Å². The lowest BCUT2D eigenvalue weighted by Gasteiger charge is -2.37. The van der Waals surface area contributed by atoms with Crippen LogP contribution in [0.3, 0.4) is 0 Å². The predicted molar refractivity (Wildman–Crippen MR) is 106 cm³/mol. The van der Waals surface area contributed by atoms with Crippen LogP contribution in [0.15, 0.2) is 12.1 Å². The standard InChI is InChI=1S/C19H31ClN2O2Si/c1-18(2,3)25(4,5)24-13-10-22-14-19(8-11-23-12-9-19)15-6-7-16(20)21-17(15)22/h6-7H,8-14H2,1-5H3. The second-order valence-corrected chi connectivity index (χ2v) is 14.1. The number of aromatic nitrogens is 1. The van der Waals surface area contributed by atoms with Crippen molar-refractivity contribution in [1.82, 2.24) is 4.98 Å². The van der Waals surface area contributed by atoms with E-state index in [0.29, 0.717) is 5.15 Å². The molecule has 0 aliphatic carbocycles. The maximum Gasteiger partial charge on any atom is 0.192 e. The highest BCUT2D eigenvalue weighted by molar-refractivity contribution is 6.74. The van der Waals surface area contributed by atoms with Gasteiger partial charge in [-0.25, -0.2) is 4.98 Å². The Labute approximate surface area is 158 Å². The Morgan fingerprint density at radius 1 is 1.28 bits per heavy atom. The summed E-state index contributed by atoms with van der Waals surface area (Å²) in [6.07, 6.45) is 2.12. The SMILES string of the molecule is CC(C)(C)[Si](C)(C)OCCN1CC2(CCOCC2)c2ccc(Cl)nc21. The van der Waals surface area contributed by atoms with Gasteiger partial charge in [-0.1, -0.05) is 38.4 Å². The molecule has 0 saturated carbocycles. The van der Waals surface area contributed by atoms with Crippen molar-refractivity contribution in [3.63, 3.8) is 0 Å². The molecule has 140 valence electrons. The minimum Gasteiger partial charge on any atom is -0.415 e. The van der Waals surface area contributed by atoms with Crippen molar-refractivity contribution in [2.24, 2.45) is 0 Å². The van der Waals surface area contributed by atoms with Crippen LogP contribution in [0.5, 0.6) is 0 Å². The van der Waals surface area contributed by atoms with Gasteiger partial charge in [0.1, 0.15) is 11.0 Å². The minimum atomic E-state index is -1.72. The molecular formula is C19H31ClN2O2Si. The Bertz CT molecular complexity index is 624. The number of pyridine rings is 1. The second kappa shape index (κ2) is 6.84.